The van der Waals surface area contributed by atoms with Gasteiger partial charge in [-0.2, -0.15) is 0 Å². The largest absolute Gasteiger partial charge is 0.472 e. The van der Waals surface area contributed by atoms with Crippen molar-refractivity contribution in [2.45, 2.75) is 155 Å². The fourth-order valence-corrected chi connectivity index (χ4v) is 5.24. The average molecular weight is 646 g/mol. The lowest BCUT2D eigenvalue weighted by molar-refractivity contribution is -0.161. The number of phosphoric ester groups is 1. The summed E-state index contributed by atoms with van der Waals surface area (Å²) in [5.41, 5.74) is 5.31. The summed E-state index contributed by atoms with van der Waals surface area (Å²) < 4.78 is 32.5. The Morgan fingerprint density at radius 2 is 1.20 bits per heavy atom. The Balaban J connectivity index is 4.27. The number of carbonyl (C=O) groups excluding carboxylic acids is 2. The molecular formula is C34H64NO8P. The van der Waals surface area contributed by atoms with Crippen molar-refractivity contribution >= 4 is 19.8 Å². The van der Waals surface area contributed by atoms with Crippen LogP contribution in [0, 0.1) is 0 Å². The summed E-state index contributed by atoms with van der Waals surface area (Å²) in [6, 6.07) is 0. The van der Waals surface area contributed by atoms with E-state index in [1.54, 1.807) is 0 Å². The predicted octanol–water partition coefficient (Wildman–Crippen LogP) is 8.88. The van der Waals surface area contributed by atoms with Crippen LogP contribution < -0.4 is 5.73 Å². The fraction of sp³-hybridized carbons (Fsp3) is 0.824. The van der Waals surface area contributed by atoms with Crippen LogP contribution in [0.15, 0.2) is 24.3 Å². The monoisotopic (exact) mass is 645 g/mol. The summed E-state index contributed by atoms with van der Waals surface area (Å²) >= 11 is 0. The number of hydrogen-bond acceptors (Lipinski definition) is 8. The highest BCUT2D eigenvalue weighted by Crippen LogP contribution is 2.43. The Morgan fingerprint density at radius 3 is 1.80 bits per heavy atom. The first-order valence-corrected chi connectivity index (χ1v) is 18.8. The third-order valence-corrected chi connectivity index (χ3v) is 8.07. The van der Waals surface area contributed by atoms with E-state index < -0.39 is 32.5 Å². The van der Waals surface area contributed by atoms with Crippen molar-refractivity contribution in [3.63, 3.8) is 0 Å². The number of allylic oxidation sites excluding steroid dienone is 4. The molecule has 0 bridgehead atoms. The maximum Gasteiger partial charge on any atom is 0.472 e. The molecule has 10 heteroatoms. The highest BCUT2D eigenvalue weighted by molar-refractivity contribution is 7.47. The lowest BCUT2D eigenvalue weighted by atomic mass is 10.1. The SMILES string of the molecule is CCCC/C=C/C/C=C/CCCCCCCC(=O)OC[C@@H](COP(=O)(O)OCCN)OC(=O)CCCCCCCCCCC. The van der Waals surface area contributed by atoms with E-state index in [2.05, 4.69) is 38.2 Å². The molecule has 0 heterocycles. The molecule has 2 atom stereocenters. The van der Waals surface area contributed by atoms with Gasteiger partial charge in [-0.05, 0) is 38.5 Å². The van der Waals surface area contributed by atoms with Crippen LogP contribution in [-0.4, -0.2) is 49.3 Å². The van der Waals surface area contributed by atoms with Gasteiger partial charge in [-0.3, -0.25) is 18.6 Å². The molecule has 0 spiro atoms. The van der Waals surface area contributed by atoms with Gasteiger partial charge in [0.05, 0.1) is 13.2 Å². The molecule has 258 valence electrons. The zero-order chi connectivity index (χ0) is 32.6. The standard InChI is InChI=1S/C34H64NO8P/c1-3-5-7-9-11-13-14-15-16-17-19-20-22-24-26-33(36)40-30-32(31-42-44(38,39)41-29-28-35)43-34(37)27-25-23-21-18-12-10-8-6-4-2/h9,11,14-15,32H,3-8,10,12-13,16-31,35H2,1-2H3,(H,38,39)/b11-9+,15-14+/t32-/m0/s1. The molecule has 0 rings (SSSR count). The van der Waals surface area contributed by atoms with E-state index >= 15 is 0 Å². The van der Waals surface area contributed by atoms with Crippen molar-refractivity contribution < 1.29 is 37.6 Å². The average Bonchev–Trinajstić information content (AvgIpc) is 3.00. The number of nitrogens with two attached hydrogens (primary N) is 1. The molecular weight excluding hydrogens is 581 g/mol. The van der Waals surface area contributed by atoms with Crippen molar-refractivity contribution in [1.29, 1.82) is 0 Å². The van der Waals surface area contributed by atoms with E-state index in [0.29, 0.717) is 6.42 Å². The predicted molar refractivity (Wildman–Crippen MR) is 178 cm³/mol. The molecule has 0 aliphatic heterocycles. The summed E-state index contributed by atoms with van der Waals surface area (Å²) in [6.45, 7) is 3.63. The number of esters is 2. The summed E-state index contributed by atoms with van der Waals surface area (Å²) in [4.78, 5) is 34.5. The van der Waals surface area contributed by atoms with Gasteiger partial charge in [0.15, 0.2) is 6.10 Å². The van der Waals surface area contributed by atoms with Crippen LogP contribution in [-0.2, 0) is 32.7 Å². The minimum atomic E-state index is -4.36. The smallest absolute Gasteiger partial charge is 0.462 e. The highest BCUT2D eigenvalue weighted by Gasteiger charge is 2.25. The zero-order valence-electron chi connectivity index (χ0n) is 27.9. The number of hydrogen-bond donors (Lipinski definition) is 2. The maximum atomic E-state index is 12.4. The van der Waals surface area contributed by atoms with Gasteiger partial charge in [-0.25, -0.2) is 4.57 Å². The van der Waals surface area contributed by atoms with Gasteiger partial charge in [-0.15, -0.1) is 0 Å². The maximum absolute atomic E-state index is 12.4. The zero-order valence-corrected chi connectivity index (χ0v) is 28.8. The van der Waals surface area contributed by atoms with E-state index in [1.165, 1.54) is 44.9 Å². The van der Waals surface area contributed by atoms with Crippen LogP contribution >= 0.6 is 7.82 Å². The quantitative estimate of drug-likeness (QED) is 0.0318. The highest BCUT2D eigenvalue weighted by atomic mass is 31.2. The summed E-state index contributed by atoms with van der Waals surface area (Å²) in [6.07, 6.45) is 29.3. The molecule has 1 unspecified atom stereocenters. The van der Waals surface area contributed by atoms with Gasteiger partial charge in [0.25, 0.3) is 0 Å². The first kappa shape index (κ1) is 42.5. The molecule has 44 heavy (non-hydrogen) atoms. The van der Waals surface area contributed by atoms with Gasteiger partial charge in [-0.1, -0.05) is 122 Å². The first-order chi connectivity index (χ1) is 21.3. The summed E-state index contributed by atoms with van der Waals surface area (Å²) in [5, 5.41) is 0. The van der Waals surface area contributed by atoms with Crippen LogP contribution in [0.4, 0.5) is 0 Å². The van der Waals surface area contributed by atoms with E-state index in [0.717, 1.165) is 70.6 Å². The Bertz CT molecular complexity index is 789. The minimum Gasteiger partial charge on any atom is -0.462 e. The second-order valence-electron chi connectivity index (χ2n) is 11.4. The molecule has 0 aromatic rings. The van der Waals surface area contributed by atoms with Crippen LogP contribution in [0.3, 0.4) is 0 Å². The van der Waals surface area contributed by atoms with Gasteiger partial charge in [0, 0.05) is 19.4 Å². The van der Waals surface area contributed by atoms with E-state index in [4.69, 9.17) is 24.3 Å². The number of ether oxygens (including phenoxy) is 2. The van der Waals surface area contributed by atoms with Crippen molar-refractivity contribution in [2.75, 3.05) is 26.4 Å². The molecule has 0 fully saturated rings. The van der Waals surface area contributed by atoms with E-state index in [9.17, 15) is 19.0 Å². The van der Waals surface area contributed by atoms with Crippen LogP contribution in [0.1, 0.15) is 149 Å². The van der Waals surface area contributed by atoms with Crippen LogP contribution in [0.5, 0.6) is 0 Å². The molecule has 0 amide bonds. The van der Waals surface area contributed by atoms with Crippen molar-refractivity contribution in [1.82, 2.24) is 0 Å². The van der Waals surface area contributed by atoms with Gasteiger partial charge in [0.1, 0.15) is 6.61 Å². The Labute approximate surface area is 268 Å². The normalized spacial score (nSPS) is 13.8. The number of unbranched alkanes of at least 4 members (excludes halogenated alkanes) is 15. The van der Waals surface area contributed by atoms with Crippen molar-refractivity contribution in [3.8, 4) is 0 Å². The molecule has 9 nitrogen and oxygen atoms in total. The number of carbonyl (C=O) groups is 2. The van der Waals surface area contributed by atoms with E-state index in [1.807, 2.05) is 0 Å². The minimum absolute atomic E-state index is 0.0524. The Hall–Kier alpha value is -1.51. The third kappa shape index (κ3) is 30.5. The molecule has 0 aromatic heterocycles. The first-order valence-electron chi connectivity index (χ1n) is 17.3. The molecule has 0 aliphatic rings. The molecule has 0 radical (unpaired) electrons. The van der Waals surface area contributed by atoms with Gasteiger partial charge < -0.3 is 20.1 Å². The summed E-state index contributed by atoms with van der Waals surface area (Å²) in [7, 11) is -4.36. The molecule has 0 saturated carbocycles. The molecule has 3 N–H and O–H groups in total. The summed E-state index contributed by atoms with van der Waals surface area (Å²) in [5.74, 6) is -0.849. The molecule has 0 aromatic carbocycles. The lowest BCUT2D eigenvalue weighted by Gasteiger charge is -2.19. The Kier molecular flexibility index (Phi) is 30.4. The topological polar surface area (TPSA) is 134 Å². The Morgan fingerprint density at radius 1 is 0.682 bits per heavy atom. The number of rotatable bonds is 32. The molecule has 0 aliphatic carbocycles. The van der Waals surface area contributed by atoms with Gasteiger partial charge >= 0.3 is 19.8 Å². The second-order valence-corrected chi connectivity index (χ2v) is 12.8. The van der Waals surface area contributed by atoms with Crippen molar-refractivity contribution in [2.24, 2.45) is 5.73 Å². The molecule has 0 saturated heterocycles. The fourth-order valence-electron chi connectivity index (χ4n) is 4.47. The second kappa shape index (κ2) is 31.5. The lowest BCUT2D eigenvalue weighted by Crippen LogP contribution is -2.29. The van der Waals surface area contributed by atoms with Crippen LogP contribution in [0.2, 0.25) is 0 Å². The van der Waals surface area contributed by atoms with E-state index in [-0.39, 0.29) is 32.6 Å². The number of phosphoric acid groups is 1. The van der Waals surface area contributed by atoms with Crippen molar-refractivity contribution in [3.05, 3.63) is 24.3 Å². The third-order valence-electron chi connectivity index (χ3n) is 7.09. The van der Waals surface area contributed by atoms with Crippen LogP contribution in [0.25, 0.3) is 0 Å². The van der Waals surface area contributed by atoms with Gasteiger partial charge in [0.2, 0.25) is 0 Å².